The minimum absolute atomic E-state index is 0.420. The fraction of sp³-hybridized carbons (Fsp3) is 0.667. The van der Waals surface area contributed by atoms with Crippen molar-refractivity contribution >= 4 is 15.9 Å². The van der Waals surface area contributed by atoms with Gasteiger partial charge in [-0.1, -0.05) is 13.8 Å². The number of nitrogens with zero attached hydrogens (tertiary/aromatic N) is 1. The van der Waals surface area contributed by atoms with Crippen LogP contribution in [0.15, 0.2) is 4.60 Å². The molecule has 0 radical (unpaired) electrons. The second-order valence-corrected chi connectivity index (χ2v) is 5.09. The van der Waals surface area contributed by atoms with Gasteiger partial charge in [-0.05, 0) is 27.8 Å². The van der Waals surface area contributed by atoms with Crippen molar-refractivity contribution in [3.8, 4) is 0 Å². The van der Waals surface area contributed by atoms with E-state index in [1.54, 1.807) is 0 Å². The molecule has 1 aliphatic carbocycles. The number of nitrogens with two attached hydrogens (primary N) is 1. The molecule has 1 fully saturated rings. The molecule has 0 bridgehead atoms. The van der Waals surface area contributed by atoms with Crippen LogP contribution in [0.25, 0.3) is 0 Å². The van der Waals surface area contributed by atoms with Gasteiger partial charge in [0, 0.05) is 12.5 Å². The van der Waals surface area contributed by atoms with Crippen LogP contribution in [0.2, 0.25) is 0 Å². The van der Waals surface area contributed by atoms with E-state index in [0.29, 0.717) is 17.9 Å². The molecule has 1 aromatic heterocycles. The van der Waals surface area contributed by atoms with Crippen LogP contribution in [0.5, 0.6) is 0 Å². The molecule has 0 aliphatic heterocycles. The van der Waals surface area contributed by atoms with Crippen molar-refractivity contribution in [1.29, 1.82) is 0 Å². The van der Waals surface area contributed by atoms with Gasteiger partial charge in [-0.15, -0.1) is 0 Å². The van der Waals surface area contributed by atoms with Crippen LogP contribution >= 0.6 is 15.9 Å². The van der Waals surface area contributed by atoms with Crippen molar-refractivity contribution in [1.82, 2.24) is 9.97 Å². The van der Waals surface area contributed by atoms with E-state index in [9.17, 15) is 0 Å². The fourth-order valence-electron chi connectivity index (χ4n) is 1.64. The van der Waals surface area contributed by atoms with E-state index in [4.69, 9.17) is 5.73 Å². The van der Waals surface area contributed by atoms with Gasteiger partial charge < -0.3 is 10.7 Å². The Kier molecular flexibility index (Phi) is 2.00. The average Bonchev–Trinajstić information content (AvgIpc) is 2.55. The summed E-state index contributed by atoms with van der Waals surface area (Å²) < 4.78 is 0.868. The van der Waals surface area contributed by atoms with Gasteiger partial charge in [-0.25, -0.2) is 4.98 Å². The number of H-pyrrole nitrogens is 1. The van der Waals surface area contributed by atoms with E-state index >= 15 is 0 Å². The van der Waals surface area contributed by atoms with Gasteiger partial charge in [0.1, 0.15) is 10.4 Å². The zero-order valence-corrected chi connectivity index (χ0v) is 9.48. The van der Waals surface area contributed by atoms with E-state index in [-0.39, 0.29) is 0 Å². The Morgan fingerprint density at radius 2 is 2.31 bits per heavy atom. The van der Waals surface area contributed by atoms with E-state index in [0.717, 1.165) is 16.1 Å². The zero-order chi connectivity index (χ0) is 9.64. The third-order valence-corrected chi connectivity index (χ3v) is 3.45. The lowest BCUT2D eigenvalue weighted by Crippen LogP contribution is -1.97. The maximum absolute atomic E-state index is 5.55. The molecule has 72 valence electrons. The van der Waals surface area contributed by atoms with Crippen LogP contribution in [0.1, 0.15) is 37.7 Å². The highest BCUT2D eigenvalue weighted by molar-refractivity contribution is 9.10. The molecule has 1 aromatic rings. The summed E-state index contributed by atoms with van der Waals surface area (Å²) >= 11 is 3.39. The Bertz CT molecular complexity index is 330. The molecule has 13 heavy (non-hydrogen) atoms. The van der Waals surface area contributed by atoms with Crippen molar-refractivity contribution in [2.24, 2.45) is 11.1 Å². The van der Waals surface area contributed by atoms with Crippen LogP contribution in [0, 0.1) is 5.41 Å². The molecular weight excluding hydrogens is 230 g/mol. The monoisotopic (exact) mass is 243 g/mol. The highest BCUT2D eigenvalue weighted by Crippen LogP contribution is 2.57. The van der Waals surface area contributed by atoms with Gasteiger partial charge in [-0.2, -0.15) is 0 Å². The van der Waals surface area contributed by atoms with Crippen LogP contribution < -0.4 is 5.73 Å². The van der Waals surface area contributed by atoms with Crippen molar-refractivity contribution in [3.63, 3.8) is 0 Å². The van der Waals surface area contributed by atoms with Gasteiger partial charge >= 0.3 is 0 Å². The molecule has 0 aromatic carbocycles. The highest BCUT2D eigenvalue weighted by Gasteiger charge is 2.48. The Labute approximate surface area is 86.3 Å². The second-order valence-electron chi connectivity index (χ2n) is 4.34. The largest absolute Gasteiger partial charge is 0.344 e. The third kappa shape index (κ3) is 1.53. The van der Waals surface area contributed by atoms with E-state index in [1.165, 1.54) is 6.42 Å². The maximum atomic E-state index is 5.55. The van der Waals surface area contributed by atoms with Crippen molar-refractivity contribution in [3.05, 3.63) is 16.1 Å². The topological polar surface area (TPSA) is 54.7 Å². The molecule has 1 heterocycles. The Morgan fingerprint density at radius 1 is 1.69 bits per heavy atom. The first-order chi connectivity index (χ1) is 6.04. The summed E-state index contributed by atoms with van der Waals surface area (Å²) in [6.07, 6.45) is 1.22. The van der Waals surface area contributed by atoms with Crippen molar-refractivity contribution in [2.75, 3.05) is 0 Å². The number of aromatic nitrogens is 2. The van der Waals surface area contributed by atoms with Gasteiger partial charge in [0.15, 0.2) is 0 Å². The lowest BCUT2D eigenvalue weighted by atomic mass is 10.1. The number of hydrogen-bond donors (Lipinski definition) is 2. The number of hydrogen-bond acceptors (Lipinski definition) is 2. The summed E-state index contributed by atoms with van der Waals surface area (Å²) in [5, 5.41) is 0. The van der Waals surface area contributed by atoms with Crippen LogP contribution in [0.3, 0.4) is 0 Å². The lowest BCUT2D eigenvalue weighted by Gasteiger charge is -1.98. The molecule has 1 atom stereocenters. The number of aromatic amines is 1. The number of halogens is 1. The van der Waals surface area contributed by atoms with Crippen molar-refractivity contribution in [2.45, 2.75) is 32.7 Å². The number of nitrogens with one attached hydrogen (secondary N) is 1. The van der Waals surface area contributed by atoms with E-state index < -0.39 is 0 Å². The molecule has 0 saturated heterocycles. The molecular formula is C9H14BrN3. The van der Waals surface area contributed by atoms with E-state index in [2.05, 4.69) is 39.7 Å². The highest BCUT2D eigenvalue weighted by atomic mass is 79.9. The van der Waals surface area contributed by atoms with Gasteiger partial charge in [0.25, 0.3) is 0 Å². The SMILES string of the molecule is CC1(C)CC1c1nc(Br)c(CN)[nH]1. The van der Waals surface area contributed by atoms with Crippen molar-refractivity contribution < 1.29 is 0 Å². The number of rotatable bonds is 2. The quantitative estimate of drug-likeness (QED) is 0.837. The first-order valence-corrected chi connectivity index (χ1v) is 5.28. The minimum atomic E-state index is 0.420. The smallest absolute Gasteiger partial charge is 0.128 e. The molecule has 0 spiro atoms. The fourth-order valence-corrected chi connectivity index (χ4v) is 2.09. The van der Waals surface area contributed by atoms with Gasteiger partial charge in [-0.3, -0.25) is 0 Å². The van der Waals surface area contributed by atoms with Crippen LogP contribution in [0.4, 0.5) is 0 Å². The molecule has 3 N–H and O–H groups in total. The minimum Gasteiger partial charge on any atom is -0.344 e. The van der Waals surface area contributed by atoms with Crippen LogP contribution in [-0.4, -0.2) is 9.97 Å². The molecule has 4 heteroatoms. The Morgan fingerprint density at radius 3 is 2.69 bits per heavy atom. The predicted molar refractivity (Wildman–Crippen MR) is 55.3 cm³/mol. The normalized spacial score (nSPS) is 24.8. The molecule has 1 aliphatic rings. The Balaban J connectivity index is 2.24. The summed E-state index contributed by atoms with van der Waals surface area (Å²) in [6, 6.07) is 0. The summed E-state index contributed by atoms with van der Waals surface area (Å²) in [6.45, 7) is 5.03. The lowest BCUT2D eigenvalue weighted by molar-refractivity contribution is 0.610. The number of imidazole rings is 1. The summed E-state index contributed by atoms with van der Waals surface area (Å²) in [4.78, 5) is 7.69. The van der Waals surface area contributed by atoms with Crippen LogP contribution in [-0.2, 0) is 6.54 Å². The summed E-state index contributed by atoms with van der Waals surface area (Å²) in [5.74, 6) is 1.67. The van der Waals surface area contributed by atoms with E-state index in [1.807, 2.05) is 0 Å². The maximum Gasteiger partial charge on any atom is 0.128 e. The van der Waals surface area contributed by atoms with Gasteiger partial charge in [0.2, 0.25) is 0 Å². The molecule has 2 rings (SSSR count). The summed E-state index contributed by atoms with van der Waals surface area (Å²) in [7, 11) is 0. The first-order valence-electron chi connectivity index (χ1n) is 4.49. The Hall–Kier alpha value is -0.350. The van der Waals surface area contributed by atoms with Gasteiger partial charge in [0.05, 0.1) is 5.69 Å². The standard InChI is InChI=1S/C9H14BrN3/c1-9(2)3-5(9)8-12-6(4-11)7(10)13-8/h5H,3-4,11H2,1-2H3,(H,12,13). The average molecular weight is 244 g/mol. The molecule has 1 saturated carbocycles. The molecule has 0 amide bonds. The second kappa shape index (κ2) is 2.82. The zero-order valence-electron chi connectivity index (χ0n) is 7.89. The first kappa shape index (κ1) is 9.21. The molecule has 1 unspecified atom stereocenters. The predicted octanol–water partition coefficient (Wildman–Crippen LogP) is 2.14. The summed E-state index contributed by atoms with van der Waals surface area (Å²) in [5.41, 5.74) is 6.97. The molecule has 3 nitrogen and oxygen atoms in total. The third-order valence-electron chi connectivity index (χ3n) is 2.79.